The Morgan fingerprint density at radius 2 is 1.60 bits per heavy atom. The Labute approximate surface area is 173 Å². The molecule has 1 aromatic rings. The highest BCUT2D eigenvalue weighted by molar-refractivity contribution is 6.23. The molecule has 1 atom stereocenters. The van der Waals surface area contributed by atoms with Crippen molar-refractivity contribution in [3.05, 3.63) is 46.5 Å². The molecule has 0 radical (unpaired) electrons. The Hall–Kier alpha value is -3.29. The summed E-state index contributed by atoms with van der Waals surface area (Å²) in [6, 6.07) is 5.10. The van der Waals surface area contributed by atoms with Gasteiger partial charge in [-0.2, -0.15) is 0 Å². The van der Waals surface area contributed by atoms with E-state index in [4.69, 9.17) is 9.47 Å². The van der Waals surface area contributed by atoms with E-state index in [9.17, 15) is 24.0 Å². The van der Waals surface area contributed by atoms with Crippen molar-refractivity contribution in [3.63, 3.8) is 0 Å². The first kappa shape index (κ1) is 21.4. The second-order valence-corrected chi connectivity index (χ2v) is 8.15. The van der Waals surface area contributed by atoms with Crippen molar-refractivity contribution in [1.29, 1.82) is 0 Å². The first-order valence-electron chi connectivity index (χ1n) is 9.58. The van der Waals surface area contributed by atoms with E-state index in [2.05, 4.69) is 0 Å². The summed E-state index contributed by atoms with van der Waals surface area (Å²) in [6.45, 7) is 7.56. The number of carbonyl (C=O) groups excluding carboxylic acids is 5. The highest BCUT2D eigenvalue weighted by Crippen LogP contribution is 2.32. The number of amides is 2. The number of nitrogens with zero attached hydrogens (tertiary/aromatic N) is 1. The summed E-state index contributed by atoms with van der Waals surface area (Å²) in [7, 11) is 0. The van der Waals surface area contributed by atoms with Gasteiger partial charge in [-0.15, -0.1) is 0 Å². The summed E-state index contributed by atoms with van der Waals surface area (Å²) < 4.78 is 10.3. The van der Waals surface area contributed by atoms with Gasteiger partial charge in [0.25, 0.3) is 11.8 Å². The van der Waals surface area contributed by atoms with Crippen LogP contribution in [0.4, 0.5) is 0 Å². The van der Waals surface area contributed by atoms with Crippen LogP contribution in [0.1, 0.15) is 55.3 Å². The van der Waals surface area contributed by atoms with Gasteiger partial charge >= 0.3 is 11.9 Å². The molecule has 0 bridgehead atoms. The summed E-state index contributed by atoms with van der Waals surface area (Å²) >= 11 is 0. The first-order valence-corrected chi connectivity index (χ1v) is 9.58. The van der Waals surface area contributed by atoms with Gasteiger partial charge in [-0.1, -0.05) is 26.0 Å². The molecule has 0 N–H and O–H groups in total. The molecule has 2 amide bonds. The highest BCUT2D eigenvalue weighted by atomic mass is 16.6. The smallest absolute Gasteiger partial charge is 0.342 e. The van der Waals surface area contributed by atoms with Gasteiger partial charge in [-0.25, -0.2) is 9.59 Å². The van der Waals surface area contributed by atoms with Gasteiger partial charge in [-0.05, 0) is 44.4 Å². The lowest BCUT2D eigenvalue weighted by Gasteiger charge is -2.27. The Morgan fingerprint density at radius 1 is 1.07 bits per heavy atom. The van der Waals surface area contributed by atoms with E-state index < -0.39 is 53.7 Å². The Bertz CT molecular complexity index is 967. The third kappa shape index (κ3) is 3.42. The fourth-order valence-electron chi connectivity index (χ4n) is 3.57. The zero-order valence-electron chi connectivity index (χ0n) is 17.5. The van der Waals surface area contributed by atoms with Crippen LogP contribution in [0.5, 0.6) is 0 Å². The average molecular weight is 413 g/mol. The molecular weight excluding hydrogens is 390 g/mol. The highest BCUT2D eigenvalue weighted by Gasteiger charge is 2.45. The monoisotopic (exact) mass is 413 g/mol. The van der Waals surface area contributed by atoms with Crippen LogP contribution in [-0.4, -0.2) is 52.7 Å². The number of esters is 2. The van der Waals surface area contributed by atoms with Crippen LogP contribution >= 0.6 is 0 Å². The number of carbonyl (C=O) groups is 5. The summed E-state index contributed by atoms with van der Waals surface area (Å²) in [5.74, 6) is -3.97. The van der Waals surface area contributed by atoms with Crippen LogP contribution in [0.2, 0.25) is 0 Å². The lowest BCUT2D eigenvalue weighted by Crippen LogP contribution is -2.49. The van der Waals surface area contributed by atoms with E-state index in [0.717, 1.165) is 4.90 Å². The summed E-state index contributed by atoms with van der Waals surface area (Å²) in [5.41, 5.74) is -0.168. The number of Topliss-reactive ketones (excluding diaryl/α,β-unsaturated/α-hetero) is 1. The summed E-state index contributed by atoms with van der Waals surface area (Å²) in [6.07, 6.45) is 0. The zero-order valence-corrected chi connectivity index (χ0v) is 17.5. The SMILES string of the molecule is CC1=C(C(=O)COC(=O)C(C(C)C)N2C(=O)c3ccccc3C2=O)C(=O)OC1(C)C. The maximum atomic E-state index is 12.8. The van der Waals surface area contributed by atoms with Crippen LogP contribution in [-0.2, 0) is 23.9 Å². The number of benzene rings is 1. The number of imide groups is 1. The maximum absolute atomic E-state index is 12.8. The first-order chi connectivity index (χ1) is 14.0. The summed E-state index contributed by atoms with van der Waals surface area (Å²) in [4.78, 5) is 63.6. The third-order valence-corrected chi connectivity index (χ3v) is 5.43. The molecule has 158 valence electrons. The Kier molecular flexibility index (Phi) is 5.36. The van der Waals surface area contributed by atoms with E-state index >= 15 is 0 Å². The van der Waals surface area contributed by atoms with Crippen molar-refractivity contribution in [3.8, 4) is 0 Å². The van der Waals surface area contributed by atoms with E-state index in [1.54, 1.807) is 46.8 Å². The van der Waals surface area contributed by atoms with Crippen molar-refractivity contribution in [2.24, 2.45) is 5.92 Å². The van der Waals surface area contributed by atoms with Gasteiger partial charge in [-0.3, -0.25) is 19.3 Å². The van der Waals surface area contributed by atoms with Crippen molar-refractivity contribution >= 4 is 29.5 Å². The number of hydrogen-bond acceptors (Lipinski definition) is 7. The topological polar surface area (TPSA) is 107 Å². The molecule has 0 fully saturated rings. The molecule has 8 nitrogen and oxygen atoms in total. The van der Waals surface area contributed by atoms with Gasteiger partial charge in [0, 0.05) is 0 Å². The van der Waals surface area contributed by atoms with Gasteiger partial charge in [0.1, 0.15) is 17.2 Å². The molecule has 0 aromatic heterocycles. The van der Waals surface area contributed by atoms with E-state index in [1.165, 1.54) is 12.1 Å². The molecule has 0 aliphatic carbocycles. The van der Waals surface area contributed by atoms with Gasteiger partial charge in [0.2, 0.25) is 5.78 Å². The van der Waals surface area contributed by atoms with Crippen LogP contribution in [0.3, 0.4) is 0 Å². The second-order valence-electron chi connectivity index (χ2n) is 8.15. The second kappa shape index (κ2) is 7.51. The lowest BCUT2D eigenvalue weighted by atomic mass is 9.96. The quantitative estimate of drug-likeness (QED) is 0.399. The number of cyclic esters (lactones) is 1. The van der Waals surface area contributed by atoms with Crippen molar-refractivity contribution < 1.29 is 33.4 Å². The normalized spacial score (nSPS) is 18.6. The standard InChI is InChI=1S/C22H23NO7/c1-11(2)17(23-18(25)13-8-6-7-9-14(13)19(23)26)21(28)29-10-15(24)16-12(3)22(4,5)30-20(16)27/h6-9,11,17H,10H2,1-5H3. The minimum Gasteiger partial charge on any atom is -0.456 e. The largest absolute Gasteiger partial charge is 0.456 e. The van der Waals surface area contributed by atoms with E-state index in [0.29, 0.717) is 5.57 Å². The number of ketones is 1. The van der Waals surface area contributed by atoms with E-state index in [1.807, 2.05) is 0 Å². The predicted molar refractivity (Wildman–Crippen MR) is 104 cm³/mol. The molecule has 3 rings (SSSR count). The number of ether oxygens (including phenoxy) is 2. The fourth-order valence-corrected chi connectivity index (χ4v) is 3.57. The molecule has 0 spiro atoms. The van der Waals surface area contributed by atoms with Crippen molar-refractivity contribution in [2.45, 2.75) is 46.3 Å². The fraction of sp³-hybridized carbons (Fsp3) is 0.409. The maximum Gasteiger partial charge on any atom is 0.342 e. The summed E-state index contributed by atoms with van der Waals surface area (Å²) in [5, 5.41) is 0. The van der Waals surface area contributed by atoms with Crippen LogP contribution in [0.15, 0.2) is 35.4 Å². The van der Waals surface area contributed by atoms with Crippen molar-refractivity contribution in [2.75, 3.05) is 6.61 Å². The van der Waals surface area contributed by atoms with Gasteiger partial charge < -0.3 is 9.47 Å². The Balaban J connectivity index is 1.78. The minimum atomic E-state index is -1.20. The van der Waals surface area contributed by atoms with Crippen LogP contribution in [0, 0.1) is 5.92 Å². The number of rotatable bonds is 6. The molecule has 2 aliphatic rings. The predicted octanol–water partition coefficient (Wildman–Crippen LogP) is 2.07. The molecule has 2 aliphatic heterocycles. The molecule has 1 aromatic carbocycles. The van der Waals surface area contributed by atoms with Gasteiger partial charge in [0.15, 0.2) is 6.61 Å². The molecule has 0 saturated carbocycles. The van der Waals surface area contributed by atoms with Gasteiger partial charge in [0.05, 0.1) is 11.1 Å². The molecule has 30 heavy (non-hydrogen) atoms. The molecule has 8 heteroatoms. The van der Waals surface area contributed by atoms with Crippen molar-refractivity contribution in [1.82, 2.24) is 4.90 Å². The minimum absolute atomic E-state index is 0.144. The van der Waals surface area contributed by atoms with Crippen LogP contribution in [0.25, 0.3) is 0 Å². The Morgan fingerprint density at radius 3 is 2.03 bits per heavy atom. The third-order valence-electron chi connectivity index (χ3n) is 5.43. The lowest BCUT2D eigenvalue weighted by molar-refractivity contribution is -0.153. The molecule has 1 unspecified atom stereocenters. The zero-order chi connectivity index (χ0) is 22.4. The number of fused-ring (bicyclic) bond motifs is 1. The number of hydrogen-bond donors (Lipinski definition) is 0. The van der Waals surface area contributed by atoms with E-state index in [-0.39, 0.29) is 16.7 Å². The molecular formula is C22H23NO7. The molecule has 2 heterocycles. The average Bonchev–Trinajstić information content (AvgIpc) is 3.03. The van der Waals surface area contributed by atoms with Crippen LogP contribution < -0.4 is 0 Å². The molecule has 0 saturated heterocycles.